The van der Waals surface area contributed by atoms with E-state index in [9.17, 15) is 4.79 Å². The van der Waals surface area contributed by atoms with E-state index in [1.807, 2.05) is 48.5 Å². The van der Waals surface area contributed by atoms with Crippen molar-refractivity contribution in [2.45, 2.75) is 19.4 Å². The zero-order chi connectivity index (χ0) is 16.7. The van der Waals surface area contributed by atoms with Gasteiger partial charge in [-0.3, -0.25) is 0 Å². The van der Waals surface area contributed by atoms with Crippen molar-refractivity contribution in [3.63, 3.8) is 0 Å². The van der Waals surface area contributed by atoms with E-state index < -0.39 is 5.60 Å². The SMILES string of the molecule is Cc1ccccc1C1(c2ccccc2C)OC(=O)c2ccccc21. The third-order valence-electron chi connectivity index (χ3n) is 4.82. The highest BCUT2D eigenvalue weighted by Gasteiger charge is 2.49. The van der Waals surface area contributed by atoms with Crippen molar-refractivity contribution in [1.82, 2.24) is 0 Å². The minimum absolute atomic E-state index is 0.267. The van der Waals surface area contributed by atoms with E-state index in [4.69, 9.17) is 4.74 Å². The Labute approximate surface area is 141 Å². The maximum atomic E-state index is 12.6. The van der Waals surface area contributed by atoms with Crippen LogP contribution in [0.2, 0.25) is 0 Å². The Balaban J connectivity index is 2.13. The van der Waals surface area contributed by atoms with Crippen molar-refractivity contribution in [2.75, 3.05) is 0 Å². The van der Waals surface area contributed by atoms with Crippen LogP contribution < -0.4 is 0 Å². The number of rotatable bonds is 2. The Morgan fingerprint density at radius 1 is 0.667 bits per heavy atom. The van der Waals surface area contributed by atoms with Crippen LogP contribution in [0.5, 0.6) is 0 Å². The molecule has 1 aliphatic heterocycles. The van der Waals surface area contributed by atoms with Crippen LogP contribution >= 0.6 is 0 Å². The number of hydrogen-bond donors (Lipinski definition) is 0. The molecule has 0 aliphatic carbocycles. The lowest BCUT2D eigenvalue weighted by atomic mass is 9.77. The zero-order valence-corrected chi connectivity index (χ0v) is 13.7. The number of ether oxygens (including phenoxy) is 1. The lowest BCUT2D eigenvalue weighted by molar-refractivity contribution is 0.0248. The minimum Gasteiger partial charge on any atom is -0.441 e. The van der Waals surface area contributed by atoms with Crippen LogP contribution in [0.15, 0.2) is 72.8 Å². The Kier molecular flexibility index (Phi) is 3.27. The summed E-state index contributed by atoms with van der Waals surface area (Å²) < 4.78 is 6.11. The molecule has 0 atom stereocenters. The molecule has 2 heteroatoms. The van der Waals surface area contributed by atoms with Crippen molar-refractivity contribution in [3.8, 4) is 0 Å². The van der Waals surface area contributed by atoms with Gasteiger partial charge >= 0.3 is 5.97 Å². The second-order valence-electron chi connectivity index (χ2n) is 6.25. The molecule has 0 aromatic heterocycles. The number of benzene rings is 3. The van der Waals surface area contributed by atoms with Gasteiger partial charge in [0.2, 0.25) is 0 Å². The fourth-order valence-electron chi connectivity index (χ4n) is 3.70. The van der Waals surface area contributed by atoms with Crippen LogP contribution in [0.1, 0.15) is 38.2 Å². The van der Waals surface area contributed by atoms with Crippen LogP contribution in [0.3, 0.4) is 0 Å². The van der Waals surface area contributed by atoms with Crippen LogP contribution in [-0.2, 0) is 10.3 Å². The molecule has 3 aromatic rings. The fourth-order valence-corrected chi connectivity index (χ4v) is 3.70. The van der Waals surface area contributed by atoms with E-state index in [0.717, 1.165) is 27.8 Å². The summed E-state index contributed by atoms with van der Waals surface area (Å²) in [6, 6.07) is 23.9. The average Bonchev–Trinajstić information content (AvgIpc) is 2.90. The number of cyclic esters (lactones) is 1. The minimum atomic E-state index is -0.885. The first kappa shape index (κ1) is 14.7. The molecule has 0 saturated heterocycles. The van der Waals surface area contributed by atoms with E-state index in [0.29, 0.717) is 5.56 Å². The molecule has 4 rings (SSSR count). The van der Waals surface area contributed by atoms with Crippen LogP contribution in [0.25, 0.3) is 0 Å². The first-order valence-electron chi connectivity index (χ1n) is 8.09. The van der Waals surface area contributed by atoms with E-state index in [-0.39, 0.29) is 5.97 Å². The maximum Gasteiger partial charge on any atom is 0.340 e. The summed E-state index contributed by atoms with van der Waals surface area (Å²) in [4.78, 5) is 12.6. The highest BCUT2D eigenvalue weighted by molar-refractivity contribution is 5.96. The topological polar surface area (TPSA) is 26.3 Å². The summed E-state index contributed by atoms with van der Waals surface area (Å²) in [5.74, 6) is -0.267. The van der Waals surface area contributed by atoms with Gasteiger partial charge in [-0.2, -0.15) is 0 Å². The van der Waals surface area contributed by atoms with Crippen molar-refractivity contribution in [2.24, 2.45) is 0 Å². The predicted molar refractivity (Wildman–Crippen MR) is 94.1 cm³/mol. The molecule has 0 N–H and O–H groups in total. The summed E-state index contributed by atoms with van der Waals surface area (Å²) in [5, 5.41) is 0. The Hall–Kier alpha value is -2.87. The van der Waals surface area contributed by atoms with Crippen LogP contribution in [-0.4, -0.2) is 5.97 Å². The van der Waals surface area contributed by atoms with Crippen LogP contribution in [0.4, 0.5) is 0 Å². The molecule has 3 aromatic carbocycles. The number of carbonyl (C=O) groups is 1. The van der Waals surface area contributed by atoms with Gasteiger partial charge in [-0.25, -0.2) is 4.79 Å². The second kappa shape index (κ2) is 5.34. The first-order valence-corrected chi connectivity index (χ1v) is 8.09. The molecule has 2 nitrogen and oxygen atoms in total. The van der Waals surface area contributed by atoms with Gasteiger partial charge in [0.15, 0.2) is 5.60 Å². The molecule has 0 fully saturated rings. The number of fused-ring (bicyclic) bond motifs is 1. The van der Waals surface area contributed by atoms with Crippen LogP contribution in [0, 0.1) is 13.8 Å². The number of esters is 1. The number of aryl methyl sites for hydroxylation is 2. The molecule has 0 bridgehead atoms. The molecule has 0 spiro atoms. The molecule has 0 radical (unpaired) electrons. The van der Waals surface area contributed by atoms with Gasteiger partial charge in [0, 0.05) is 16.7 Å². The van der Waals surface area contributed by atoms with Gasteiger partial charge in [0.05, 0.1) is 5.56 Å². The van der Waals surface area contributed by atoms with Crippen molar-refractivity contribution >= 4 is 5.97 Å². The molecule has 24 heavy (non-hydrogen) atoms. The largest absolute Gasteiger partial charge is 0.441 e. The molecule has 1 heterocycles. The summed E-state index contributed by atoms with van der Waals surface area (Å²) in [6.07, 6.45) is 0. The summed E-state index contributed by atoms with van der Waals surface area (Å²) in [6.45, 7) is 4.12. The maximum absolute atomic E-state index is 12.6. The first-order chi connectivity index (χ1) is 11.6. The quantitative estimate of drug-likeness (QED) is 0.637. The summed E-state index contributed by atoms with van der Waals surface area (Å²) >= 11 is 0. The highest BCUT2D eigenvalue weighted by atomic mass is 16.6. The van der Waals surface area contributed by atoms with E-state index in [1.54, 1.807) is 0 Å². The van der Waals surface area contributed by atoms with Gasteiger partial charge in [-0.05, 0) is 31.0 Å². The highest BCUT2D eigenvalue weighted by Crippen LogP contribution is 2.48. The lowest BCUT2D eigenvalue weighted by Gasteiger charge is -2.32. The van der Waals surface area contributed by atoms with E-state index in [1.165, 1.54) is 0 Å². The molecular formula is C22H18O2. The molecule has 0 saturated carbocycles. The normalized spacial score (nSPS) is 15.0. The third kappa shape index (κ3) is 1.93. The zero-order valence-electron chi connectivity index (χ0n) is 13.7. The second-order valence-corrected chi connectivity index (χ2v) is 6.25. The van der Waals surface area contributed by atoms with Gasteiger partial charge in [-0.1, -0.05) is 66.7 Å². The molecule has 0 unspecified atom stereocenters. The molecule has 118 valence electrons. The predicted octanol–water partition coefficient (Wildman–Crippen LogP) is 4.77. The van der Waals surface area contributed by atoms with Crippen molar-refractivity contribution in [3.05, 3.63) is 106 Å². The average molecular weight is 314 g/mol. The molecule has 1 aliphatic rings. The fraction of sp³-hybridized carbons (Fsp3) is 0.136. The van der Waals surface area contributed by atoms with Crippen molar-refractivity contribution < 1.29 is 9.53 Å². The standard InChI is InChI=1S/C22H18O2/c1-15-9-3-6-12-18(15)22(19-13-7-4-10-16(19)2)20-14-8-5-11-17(20)21(23)24-22/h3-14H,1-2H3. The number of carbonyl (C=O) groups excluding carboxylic acids is 1. The molecule has 0 amide bonds. The van der Waals surface area contributed by atoms with E-state index >= 15 is 0 Å². The van der Waals surface area contributed by atoms with Gasteiger partial charge in [0.1, 0.15) is 0 Å². The Bertz CT molecular complexity index is 894. The Morgan fingerprint density at radius 3 is 1.67 bits per heavy atom. The molecular weight excluding hydrogens is 296 g/mol. The summed E-state index contributed by atoms with van der Waals surface area (Å²) in [7, 11) is 0. The smallest absolute Gasteiger partial charge is 0.340 e. The van der Waals surface area contributed by atoms with Gasteiger partial charge < -0.3 is 4.74 Å². The monoisotopic (exact) mass is 314 g/mol. The third-order valence-corrected chi connectivity index (χ3v) is 4.82. The van der Waals surface area contributed by atoms with E-state index in [2.05, 4.69) is 38.1 Å². The Morgan fingerprint density at radius 2 is 1.12 bits per heavy atom. The van der Waals surface area contributed by atoms with Gasteiger partial charge in [-0.15, -0.1) is 0 Å². The van der Waals surface area contributed by atoms with Crippen molar-refractivity contribution in [1.29, 1.82) is 0 Å². The summed E-state index contributed by atoms with van der Waals surface area (Å²) in [5.41, 5.74) is 4.90. The van der Waals surface area contributed by atoms with Gasteiger partial charge in [0.25, 0.3) is 0 Å². The number of hydrogen-bond acceptors (Lipinski definition) is 2. The lowest BCUT2D eigenvalue weighted by Crippen LogP contribution is -2.31.